The van der Waals surface area contributed by atoms with Gasteiger partial charge in [0.05, 0.1) is 11.4 Å². The predicted octanol–water partition coefficient (Wildman–Crippen LogP) is 1.86. The van der Waals surface area contributed by atoms with E-state index in [1.807, 2.05) is 35.7 Å². The first-order valence-corrected chi connectivity index (χ1v) is 9.22. The molecule has 27 heavy (non-hydrogen) atoms. The highest BCUT2D eigenvalue weighted by atomic mass is 32.1. The number of ether oxygens (including phenoxy) is 2. The number of benzene rings is 1. The van der Waals surface area contributed by atoms with E-state index in [1.54, 1.807) is 13.1 Å². The number of nitrogens with zero attached hydrogens (tertiary/aromatic N) is 3. The van der Waals surface area contributed by atoms with Crippen LogP contribution in [0.15, 0.2) is 51.0 Å². The Morgan fingerprint density at radius 2 is 2.11 bits per heavy atom. The van der Waals surface area contributed by atoms with Gasteiger partial charge < -0.3 is 18.8 Å². The van der Waals surface area contributed by atoms with Gasteiger partial charge in [-0.3, -0.25) is 4.79 Å². The van der Waals surface area contributed by atoms with Crippen LogP contribution in [0, 0.1) is 0 Å². The zero-order valence-electron chi connectivity index (χ0n) is 14.5. The van der Waals surface area contributed by atoms with Crippen LogP contribution in [0.4, 0.5) is 0 Å². The minimum atomic E-state index is -0.661. The number of carbonyl (C=O) groups excluding carboxylic acids is 1. The van der Waals surface area contributed by atoms with Gasteiger partial charge in [0.25, 0.3) is 5.89 Å². The molecule has 1 aromatic carbocycles. The van der Waals surface area contributed by atoms with Crippen molar-refractivity contribution in [3.63, 3.8) is 0 Å². The highest BCUT2D eigenvalue weighted by Gasteiger charge is 2.24. The number of thiophene rings is 1. The number of carbonyl (C=O) groups is 1. The lowest BCUT2D eigenvalue weighted by molar-refractivity contribution is -0.132. The summed E-state index contributed by atoms with van der Waals surface area (Å²) < 4.78 is 17.7. The standard InChI is InChI=1S/C18H17N3O5S/c1-20(9-12-11-24-13-5-2-3-6-14(13)25-12)16(22)10-21-18(23)26-17(19-21)15-7-4-8-27-15/h2-8,12H,9-11H2,1H3/t12-/m0/s1. The molecule has 3 aromatic rings. The van der Waals surface area contributed by atoms with Crippen molar-refractivity contribution in [2.45, 2.75) is 12.6 Å². The average molecular weight is 387 g/mol. The number of para-hydroxylation sites is 2. The number of likely N-dealkylation sites (N-methyl/N-ethyl adjacent to an activating group) is 1. The molecule has 2 aromatic heterocycles. The summed E-state index contributed by atoms with van der Waals surface area (Å²) in [6.45, 7) is 0.479. The second kappa shape index (κ2) is 7.28. The maximum Gasteiger partial charge on any atom is 0.437 e. The van der Waals surface area contributed by atoms with E-state index in [2.05, 4.69) is 5.10 Å². The van der Waals surface area contributed by atoms with Crippen LogP contribution in [-0.2, 0) is 11.3 Å². The molecule has 0 saturated carbocycles. The summed E-state index contributed by atoms with van der Waals surface area (Å²) in [6.07, 6.45) is -0.287. The fourth-order valence-corrected chi connectivity index (χ4v) is 3.36. The fourth-order valence-electron chi connectivity index (χ4n) is 2.72. The van der Waals surface area contributed by atoms with E-state index in [-0.39, 0.29) is 24.4 Å². The van der Waals surface area contributed by atoms with Gasteiger partial charge in [-0.2, -0.15) is 4.68 Å². The molecule has 3 heterocycles. The molecular weight excluding hydrogens is 370 g/mol. The Hall–Kier alpha value is -3.07. The molecule has 1 aliphatic rings. The summed E-state index contributed by atoms with van der Waals surface area (Å²) in [4.78, 5) is 26.6. The highest BCUT2D eigenvalue weighted by molar-refractivity contribution is 7.13. The molecule has 0 bridgehead atoms. The van der Waals surface area contributed by atoms with Gasteiger partial charge in [0.2, 0.25) is 5.91 Å². The van der Waals surface area contributed by atoms with Crippen molar-refractivity contribution in [2.24, 2.45) is 0 Å². The van der Waals surface area contributed by atoms with Crippen LogP contribution in [0.1, 0.15) is 0 Å². The highest BCUT2D eigenvalue weighted by Crippen LogP contribution is 2.31. The largest absolute Gasteiger partial charge is 0.486 e. The van der Waals surface area contributed by atoms with E-state index in [0.29, 0.717) is 24.7 Å². The summed E-state index contributed by atoms with van der Waals surface area (Å²) in [5.41, 5.74) is 0. The molecule has 1 amide bonds. The van der Waals surface area contributed by atoms with Crippen molar-refractivity contribution in [2.75, 3.05) is 20.2 Å². The molecule has 140 valence electrons. The zero-order chi connectivity index (χ0) is 18.8. The van der Waals surface area contributed by atoms with E-state index < -0.39 is 5.76 Å². The van der Waals surface area contributed by atoms with Gasteiger partial charge in [0.1, 0.15) is 13.2 Å². The third kappa shape index (κ3) is 3.72. The Kier molecular flexibility index (Phi) is 4.68. The van der Waals surface area contributed by atoms with Gasteiger partial charge in [-0.05, 0) is 23.6 Å². The lowest BCUT2D eigenvalue weighted by Crippen LogP contribution is -2.43. The van der Waals surface area contributed by atoms with Crippen LogP contribution >= 0.6 is 11.3 Å². The van der Waals surface area contributed by atoms with Crippen molar-refractivity contribution in [1.29, 1.82) is 0 Å². The number of amides is 1. The molecule has 8 nitrogen and oxygen atoms in total. The van der Waals surface area contributed by atoms with E-state index in [1.165, 1.54) is 16.2 Å². The van der Waals surface area contributed by atoms with Gasteiger partial charge in [0, 0.05) is 7.05 Å². The molecule has 1 atom stereocenters. The second-order valence-corrected chi connectivity index (χ2v) is 7.03. The normalized spacial score (nSPS) is 15.5. The molecule has 9 heteroatoms. The summed E-state index contributed by atoms with van der Waals surface area (Å²) in [5.74, 6) is 0.629. The van der Waals surface area contributed by atoms with E-state index in [9.17, 15) is 9.59 Å². The number of fused-ring (bicyclic) bond motifs is 1. The molecule has 4 rings (SSSR count). The van der Waals surface area contributed by atoms with Gasteiger partial charge in [0.15, 0.2) is 17.6 Å². The molecule has 0 spiro atoms. The number of aromatic nitrogens is 2. The van der Waals surface area contributed by atoms with Crippen molar-refractivity contribution in [3.8, 4) is 22.3 Å². The first-order chi connectivity index (χ1) is 13.1. The van der Waals surface area contributed by atoms with E-state index in [4.69, 9.17) is 13.9 Å². The third-order valence-corrected chi connectivity index (χ3v) is 4.95. The first kappa shape index (κ1) is 17.3. The predicted molar refractivity (Wildman–Crippen MR) is 98.1 cm³/mol. The Morgan fingerprint density at radius 3 is 2.89 bits per heavy atom. The second-order valence-electron chi connectivity index (χ2n) is 6.08. The van der Waals surface area contributed by atoms with Gasteiger partial charge in [-0.15, -0.1) is 16.4 Å². The number of hydrogen-bond acceptors (Lipinski definition) is 7. The molecular formula is C18H17N3O5S. The lowest BCUT2D eigenvalue weighted by atomic mass is 10.2. The van der Waals surface area contributed by atoms with Gasteiger partial charge in [-0.1, -0.05) is 18.2 Å². The molecule has 0 N–H and O–H groups in total. The average Bonchev–Trinajstić information content (AvgIpc) is 3.32. The van der Waals surface area contributed by atoms with Crippen molar-refractivity contribution >= 4 is 17.2 Å². The monoisotopic (exact) mass is 387 g/mol. The van der Waals surface area contributed by atoms with Crippen LogP contribution in [0.5, 0.6) is 11.5 Å². The summed E-state index contributed by atoms with van der Waals surface area (Å²) in [7, 11) is 1.65. The third-order valence-electron chi connectivity index (χ3n) is 4.09. The van der Waals surface area contributed by atoms with Gasteiger partial charge in [-0.25, -0.2) is 4.79 Å². The molecule has 0 saturated heterocycles. The first-order valence-electron chi connectivity index (χ1n) is 8.34. The Bertz CT molecular complexity index is 995. The zero-order valence-corrected chi connectivity index (χ0v) is 15.3. The van der Waals surface area contributed by atoms with Crippen LogP contribution in [0.3, 0.4) is 0 Å². The molecule has 0 fully saturated rings. The van der Waals surface area contributed by atoms with E-state index in [0.717, 1.165) is 9.56 Å². The van der Waals surface area contributed by atoms with Crippen LogP contribution in [0.25, 0.3) is 10.8 Å². The lowest BCUT2D eigenvalue weighted by Gasteiger charge is -2.29. The fraction of sp³-hybridized carbons (Fsp3) is 0.278. The van der Waals surface area contributed by atoms with Crippen molar-refractivity contribution in [3.05, 3.63) is 52.3 Å². The van der Waals surface area contributed by atoms with E-state index >= 15 is 0 Å². The van der Waals surface area contributed by atoms with Crippen molar-refractivity contribution < 1.29 is 18.7 Å². The summed E-state index contributed by atoms with van der Waals surface area (Å²) in [5, 5.41) is 5.95. The maximum absolute atomic E-state index is 12.5. The Morgan fingerprint density at radius 1 is 1.30 bits per heavy atom. The maximum atomic E-state index is 12.5. The smallest absolute Gasteiger partial charge is 0.437 e. The van der Waals surface area contributed by atoms with Crippen LogP contribution in [0.2, 0.25) is 0 Å². The SMILES string of the molecule is CN(C[C@H]1COc2ccccc2O1)C(=O)Cn1nc(-c2cccs2)oc1=O. The summed E-state index contributed by atoms with van der Waals surface area (Å²) >= 11 is 1.41. The Balaban J connectivity index is 1.38. The molecule has 0 aliphatic carbocycles. The quantitative estimate of drug-likeness (QED) is 0.664. The summed E-state index contributed by atoms with van der Waals surface area (Å²) in [6, 6.07) is 11.0. The van der Waals surface area contributed by atoms with Crippen LogP contribution < -0.4 is 15.2 Å². The van der Waals surface area contributed by atoms with Crippen LogP contribution in [-0.4, -0.2) is 46.9 Å². The Labute approximate surface area is 158 Å². The van der Waals surface area contributed by atoms with Crippen molar-refractivity contribution in [1.82, 2.24) is 14.7 Å². The molecule has 1 aliphatic heterocycles. The minimum absolute atomic E-state index is 0.200. The molecule has 0 radical (unpaired) electrons. The number of rotatable bonds is 5. The minimum Gasteiger partial charge on any atom is -0.486 e. The topological polar surface area (TPSA) is 86.8 Å². The molecule has 0 unspecified atom stereocenters. The number of hydrogen-bond donors (Lipinski definition) is 0. The van der Waals surface area contributed by atoms with Gasteiger partial charge >= 0.3 is 5.76 Å².